The number of hydrogen-bond acceptors (Lipinski definition) is 3. The first-order valence-corrected chi connectivity index (χ1v) is 9.46. The summed E-state index contributed by atoms with van der Waals surface area (Å²) < 4.78 is 6.37. The summed E-state index contributed by atoms with van der Waals surface area (Å²) in [5, 5.41) is 15.1. The number of hydrogen-bond donors (Lipinski definition) is 2. The maximum atomic E-state index is 9.56. The minimum Gasteiger partial charge on any atom is -0.454 e. The largest absolute Gasteiger partial charge is 0.454 e. The summed E-state index contributed by atoms with van der Waals surface area (Å²) in [5.41, 5.74) is 6.67. The van der Waals surface area contributed by atoms with E-state index in [0.29, 0.717) is 6.42 Å². The Bertz CT molecular complexity index is 1170. The number of rotatable bonds is 6. The van der Waals surface area contributed by atoms with Crippen LogP contribution in [0.1, 0.15) is 23.6 Å². The molecule has 0 radical (unpaired) electrons. The number of benzene rings is 3. The molecule has 0 fully saturated rings. The van der Waals surface area contributed by atoms with Gasteiger partial charge in [0.1, 0.15) is 5.58 Å². The van der Waals surface area contributed by atoms with Gasteiger partial charge in [-0.05, 0) is 54.3 Å². The SMILES string of the molecule is C=Cc1c(/C=C\C)cc(CCO)c2oc3c(Nc4ccccc4)cccc3c12. The highest BCUT2D eigenvalue weighted by Crippen LogP contribution is 2.40. The summed E-state index contributed by atoms with van der Waals surface area (Å²) >= 11 is 0. The highest BCUT2D eigenvalue weighted by atomic mass is 16.3. The number of para-hydroxylation sites is 2. The lowest BCUT2D eigenvalue weighted by molar-refractivity contribution is 0.299. The smallest absolute Gasteiger partial charge is 0.158 e. The molecule has 0 unspecified atom stereocenters. The normalized spacial score (nSPS) is 11.5. The van der Waals surface area contributed by atoms with Gasteiger partial charge in [0.2, 0.25) is 0 Å². The minimum atomic E-state index is 0.0734. The molecule has 0 saturated carbocycles. The van der Waals surface area contributed by atoms with Gasteiger partial charge in [0.05, 0.1) is 5.69 Å². The lowest BCUT2D eigenvalue weighted by Gasteiger charge is -2.08. The van der Waals surface area contributed by atoms with Crippen molar-refractivity contribution in [3.63, 3.8) is 0 Å². The second-order valence-electron chi connectivity index (χ2n) is 6.70. The van der Waals surface area contributed by atoms with Crippen LogP contribution in [0.3, 0.4) is 0 Å². The van der Waals surface area contributed by atoms with Crippen LogP contribution in [0.25, 0.3) is 34.1 Å². The fraction of sp³-hybridized carbons (Fsp3) is 0.120. The Balaban J connectivity index is 2.02. The molecule has 0 bridgehead atoms. The van der Waals surface area contributed by atoms with Crippen molar-refractivity contribution in [2.45, 2.75) is 13.3 Å². The number of aliphatic hydroxyl groups is 1. The summed E-state index contributed by atoms with van der Waals surface area (Å²) in [7, 11) is 0. The fourth-order valence-corrected chi connectivity index (χ4v) is 3.71. The molecular formula is C25H23NO2. The lowest BCUT2D eigenvalue weighted by Crippen LogP contribution is -1.94. The third-order valence-corrected chi connectivity index (χ3v) is 4.90. The number of allylic oxidation sites excluding steroid dienone is 1. The molecule has 28 heavy (non-hydrogen) atoms. The number of fused-ring (bicyclic) bond motifs is 3. The van der Waals surface area contributed by atoms with Crippen molar-refractivity contribution >= 4 is 45.5 Å². The maximum absolute atomic E-state index is 9.56. The molecule has 0 aliphatic rings. The second kappa shape index (κ2) is 7.75. The monoisotopic (exact) mass is 369 g/mol. The molecule has 4 rings (SSSR count). The van der Waals surface area contributed by atoms with Crippen LogP contribution in [0.2, 0.25) is 0 Å². The first kappa shape index (κ1) is 18.1. The van der Waals surface area contributed by atoms with Crippen molar-refractivity contribution in [1.82, 2.24) is 0 Å². The Labute approximate surface area is 164 Å². The second-order valence-corrected chi connectivity index (χ2v) is 6.70. The molecule has 0 aliphatic carbocycles. The molecule has 1 aromatic heterocycles. The molecule has 4 aromatic rings. The van der Waals surface area contributed by atoms with E-state index >= 15 is 0 Å². The Kier molecular flexibility index (Phi) is 5.00. The summed E-state index contributed by atoms with van der Waals surface area (Å²) in [6.07, 6.45) is 6.51. The van der Waals surface area contributed by atoms with Gasteiger partial charge in [-0.3, -0.25) is 0 Å². The van der Waals surface area contributed by atoms with Gasteiger partial charge >= 0.3 is 0 Å². The Morgan fingerprint density at radius 3 is 2.61 bits per heavy atom. The average molecular weight is 369 g/mol. The molecule has 3 heteroatoms. The van der Waals surface area contributed by atoms with Gasteiger partial charge in [-0.1, -0.05) is 55.1 Å². The lowest BCUT2D eigenvalue weighted by atomic mass is 9.95. The van der Waals surface area contributed by atoms with Crippen LogP contribution in [0.15, 0.2) is 71.7 Å². The van der Waals surface area contributed by atoms with E-state index in [9.17, 15) is 5.11 Å². The molecule has 0 spiro atoms. The number of aliphatic hydroxyl groups excluding tert-OH is 1. The predicted octanol–water partition coefficient (Wildman–Crippen LogP) is 6.54. The van der Waals surface area contributed by atoms with Crippen molar-refractivity contribution < 1.29 is 9.52 Å². The highest BCUT2D eigenvalue weighted by molar-refractivity contribution is 6.14. The van der Waals surface area contributed by atoms with Crippen molar-refractivity contribution in [2.75, 3.05) is 11.9 Å². The zero-order valence-electron chi connectivity index (χ0n) is 15.9. The topological polar surface area (TPSA) is 45.4 Å². The highest BCUT2D eigenvalue weighted by Gasteiger charge is 2.18. The molecule has 0 aliphatic heterocycles. The van der Waals surface area contributed by atoms with E-state index in [-0.39, 0.29) is 6.61 Å². The number of anilines is 2. The van der Waals surface area contributed by atoms with Crippen LogP contribution >= 0.6 is 0 Å². The van der Waals surface area contributed by atoms with Gasteiger partial charge in [0, 0.05) is 23.1 Å². The van der Waals surface area contributed by atoms with Gasteiger partial charge in [0.15, 0.2) is 5.58 Å². The van der Waals surface area contributed by atoms with E-state index in [1.807, 2.05) is 61.5 Å². The Morgan fingerprint density at radius 1 is 1.07 bits per heavy atom. The van der Waals surface area contributed by atoms with E-state index in [1.54, 1.807) is 0 Å². The fourth-order valence-electron chi connectivity index (χ4n) is 3.71. The third kappa shape index (κ3) is 3.10. The summed E-state index contributed by atoms with van der Waals surface area (Å²) in [5.74, 6) is 0. The van der Waals surface area contributed by atoms with Crippen molar-refractivity contribution in [3.8, 4) is 0 Å². The first-order valence-electron chi connectivity index (χ1n) is 9.46. The number of nitrogens with one attached hydrogen (secondary N) is 1. The zero-order valence-corrected chi connectivity index (χ0v) is 15.9. The summed E-state index contributed by atoms with van der Waals surface area (Å²) in [4.78, 5) is 0. The van der Waals surface area contributed by atoms with Gasteiger partial charge in [0.25, 0.3) is 0 Å². The average Bonchev–Trinajstić information content (AvgIpc) is 3.11. The zero-order chi connectivity index (χ0) is 19.5. The minimum absolute atomic E-state index is 0.0734. The van der Waals surface area contributed by atoms with Crippen LogP contribution in [0.4, 0.5) is 11.4 Å². The van der Waals surface area contributed by atoms with Gasteiger partial charge in [-0.15, -0.1) is 0 Å². The standard InChI is InChI=1S/C25H23NO2/c1-3-9-17-16-18(14-15-27)24-23(20(17)4-2)21-12-8-13-22(25(21)28-24)26-19-10-6-5-7-11-19/h3-13,16,26-27H,2,14-15H2,1H3/b9-3-. The molecule has 3 aromatic carbocycles. The van der Waals surface area contributed by atoms with Gasteiger partial charge in [-0.25, -0.2) is 0 Å². The molecule has 2 N–H and O–H groups in total. The summed E-state index contributed by atoms with van der Waals surface area (Å²) in [6, 6.07) is 18.3. The van der Waals surface area contributed by atoms with E-state index in [4.69, 9.17) is 4.42 Å². The predicted molar refractivity (Wildman–Crippen MR) is 119 cm³/mol. The molecule has 140 valence electrons. The number of furan rings is 1. The van der Waals surface area contributed by atoms with Crippen LogP contribution in [-0.4, -0.2) is 11.7 Å². The molecule has 3 nitrogen and oxygen atoms in total. The van der Waals surface area contributed by atoms with E-state index in [1.165, 1.54) is 0 Å². The van der Waals surface area contributed by atoms with Crippen LogP contribution in [-0.2, 0) is 6.42 Å². The van der Waals surface area contributed by atoms with E-state index in [2.05, 4.69) is 30.1 Å². The third-order valence-electron chi connectivity index (χ3n) is 4.90. The van der Waals surface area contributed by atoms with Crippen LogP contribution in [0.5, 0.6) is 0 Å². The van der Waals surface area contributed by atoms with E-state index < -0.39 is 0 Å². The Hall–Kier alpha value is -3.30. The molecule has 0 saturated heterocycles. The van der Waals surface area contributed by atoms with Crippen LogP contribution < -0.4 is 5.32 Å². The summed E-state index contributed by atoms with van der Waals surface area (Å²) in [6.45, 7) is 6.11. The molecule has 0 atom stereocenters. The van der Waals surface area contributed by atoms with Gasteiger partial charge in [-0.2, -0.15) is 0 Å². The molecule has 0 amide bonds. The van der Waals surface area contributed by atoms with E-state index in [0.717, 1.165) is 50.0 Å². The molecular weight excluding hydrogens is 346 g/mol. The Morgan fingerprint density at radius 2 is 1.89 bits per heavy atom. The van der Waals surface area contributed by atoms with Crippen LogP contribution in [0, 0.1) is 0 Å². The molecule has 1 heterocycles. The van der Waals surface area contributed by atoms with Gasteiger partial charge < -0.3 is 14.8 Å². The quantitative estimate of drug-likeness (QED) is 0.405. The van der Waals surface area contributed by atoms with Crippen molar-refractivity contribution in [1.29, 1.82) is 0 Å². The van der Waals surface area contributed by atoms with Crippen molar-refractivity contribution in [3.05, 3.63) is 83.9 Å². The first-order chi connectivity index (χ1) is 13.8. The van der Waals surface area contributed by atoms with Crippen molar-refractivity contribution in [2.24, 2.45) is 0 Å². The maximum Gasteiger partial charge on any atom is 0.158 e.